The second-order valence-corrected chi connectivity index (χ2v) is 7.15. The summed E-state index contributed by atoms with van der Waals surface area (Å²) in [5.41, 5.74) is 0.452. The molecule has 2 aromatic carbocycles. The van der Waals surface area contributed by atoms with Gasteiger partial charge in [-0.05, 0) is 55.5 Å². The number of ketones is 1. The van der Waals surface area contributed by atoms with Gasteiger partial charge in [-0.25, -0.2) is 9.78 Å². The van der Waals surface area contributed by atoms with Crippen LogP contribution in [0.1, 0.15) is 27.6 Å². The van der Waals surface area contributed by atoms with Crippen LogP contribution in [-0.2, 0) is 4.74 Å². The summed E-state index contributed by atoms with van der Waals surface area (Å²) in [5, 5.41) is 0.460. The van der Waals surface area contributed by atoms with E-state index in [9.17, 15) is 18.4 Å². The second kappa shape index (κ2) is 9.98. The molecule has 0 aliphatic rings. The van der Waals surface area contributed by atoms with Gasteiger partial charge in [0.15, 0.2) is 6.10 Å². The lowest BCUT2D eigenvalue weighted by molar-refractivity contribution is -0.0498. The minimum Gasteiger partial charge on any atom is -0.451 e. The van der Waals surface area contributed by atoms with Crippen molar-refractivity contribution in [2.45, 2.75) is 29.6 Å². The molecule has 8 heteroatoms. The molecule has 0 radical (unpaired) electrons. The van der Waals surface area contributed by atoms with Crippen LogP contribution in [0.25, 0.3) is 0 Å². The topological polar surface area (TPSA) is 65.5 Å². The van der Waals surface area contributed by atoms with Crippen molar-refractivity contribution in [3.63, 3.8) is 0 Å². The number of Topliss-reactive ketones (excluding diaryl/α,β-unsaturated/α-hetero) is 1. The van der Waals surface area contributed by atoms with Crippen LogP contribution >= 0.6 is 11.8 Å². The van der Waals surface area contributed by atoms with E-state index in [1.54, 1.807) is 18.3 Å². The first-order valence-corrected chi connectivity index (χ1v) is 9.73. The number of rotatable bonds is 8. The number of hydrogen-bond donors (Lipinski definition) is 0. The summed E-state index contributed by atoms with van der Waals surface area (Å²) >= 11 is 1.31. The number of halogens is 2. The van der Waals surface area contributed by atoms with Crippen molar-refractivity contribution in [2.24, 2.45) is 0 Å². The molecular formula is C22H17F2NO4S. The Morgan fingerprint density at radius 1 is 0.967 bits per heavy atom. The van der Waals surface area contributed by atoms with Gasteiger partial charge in [-0.3, -0.25) is 4.79 Å². The zero-order valence-electron chi connectivity index (χ0n) is 15.8. The highest BCUT2D eigenvalue weighted by Crippen LogP contribution is 2.29. The fraction of sp³-hybridized carbons (Fsp3) is 0.136. The summed E-state index contributed by atoms with van der Waals surface area (Å²) in [4.78, 5) is 30.3. The van der Waals surface area contributed by atoms with Crippen LogP contribution in [0.3, 0.4) is 0 Å². The molecule has 5 nitrogen and oxygen atoms in total. The largest absolute Gasteiger partial charge is 0.451 e. The van der Waals surface area contributed by atoms with Crippen LogP contribution < -0.4 is 4.74 Å². The Bertz CT molecular complexity index is 1010. The molecule has 0 aliphatic carbocycles. The Labute approximate surface area is 176 Å². The van der Waals surface area contributed by atoms with Crippen molar-refractivity contribution in [1.82, 2.24) is 4.98 Å². The smallest absolute Gasteiger partial charge is 0.387 e. The first-order valence-electron chi connectivity index (χ1n) is 8.92. The van der Waals surface area contributed by atoms with E-state index in [0.717, 1.165) is 4.90 Å². The van der Waals surface area contributed by atoms with E-state index in [0.29, 0.717) is 5.03 Å². The Morgan fingerprint density at radius 3 is 2.33 bits per heavy atom. The summed E-state index contributed by atoms with van der Waals surface area (Å²) in [5.74, 6) is -1.21. The SMILES string of the molecule is C[C@@H](OC(=O)c1cccnc1Sc1ccccc1)C(=O)c1ccc(OC(F)F)cc1. The zero-order chi connectivity index (χ0) is 21.5. The average Bonchev–Trinajstić information content (AvgIpc) is 2.74. The van der Waals surface area contributed by atoms with Crippen LogP contribution in [0.4, 0.5) is 8.78 Å². The number of ether oxygens (including phenoxy) is 2. The van der Waals surface area contributed by atoms with Crippen LogP contribution in [0.15, 0.2) is 82.8 Å². The minimum absolute atomic E-state index is 0.0656. The number of benzene rings is 2. The maximum Gasteiger partial charge on any atom is 0.387 e. The number of alkyl halides is 2. The molecule has 0 fully saturated rings. The number of pyridine rings is 1. The van der Waals surface area contributed by atoms with Crippen LogP contribution in [0.2, 0.25) is 0 Å². The molecule has 3 rings (SSSR count). The van der Waals surface area contributed by atoms with E-state index in [4.69, 9.17) is 4.74 Å². The third kappa shape index (κ3) is 5.64. The molecule has 0 N–H and O–H groups in total. The molecule has 154 valence electrons. The predicted molar refractivity (Wildman–Crippen MR) is 107 cm³/mol. The zero-order valence-corrected chi connectivity index (χ0v) is 16.6. The number of nitrogens with zero attached hydrogens (tertiary/aromatic N) is 1. The van der Waals surface area contributed by atoms with Gasteiger partial charge in [0.05, 0.1) is 5.56 Å². The third-order valence-electron chi connectivity index (χ3n) is 3.97. The van der Waals surface area contributed by atoms with E-state index in [1.807, 2.05) is 30.3 Å². The van der Waals surface area contributed by atoms with Gasteiger partial charge in [-0.15, -0.1) is 0 Å². The van der Waals surface area contributed by atoms with Crippen molar-refractivity contribution < 1.29 is 27.8 Å². The van der Waals surface area contributed by atoms with Gasteiger partial charge in [-0.1, -0.05) is 30.0 Å². The van der Waals surface area contributed by atoms with Gasteiger partial charge in [0.2, 0.25) is 5.78 Å². The molecule has 0 amide bonds. The summed E-state index contributed by atoms with van der Waals surface area (Å²) in [6, 6.07) is 17.8. The monoisotopic (exact) mass is 429 g/mol. The quantitative estimate of drug-likeness (QED) is 0.359. The third-order valence-corrected chi connectivity index (χ3v) is 4.99. The average molecular weight is 429 g/mol. The predicted octanol–water partition coefficient (Wildman–Crippen LogP) is 5.26. The Balaban J connectivity index is 1.69. The second-order valence-electron chi connectivity index (χ2n) is 6.09. The molecule has 3 aromatic rings. The molecule has 0 bridgehead atoms. The number of carbonyl (C=O) groups excluding carboxylic acids is 2. The Hall–Kier alpha value is -3.26. The van der Waals surface area contributed by atoms with Crippen molar-refractivity contribution in [2.75, 3.05) is 0 Å². The molecule has 0 aliphatic heterocycles. The summed E-state index contributed by atoms with van der Waals surface area (Å²) in [6.07, 6.45) is 0.494. The molecule has 1 atom stereocenters. The first kappa shape index (κ1) is 21.4. The molecule has 1 aromatic heterocycles. The van der Waals surface area contributed by atoms with Crippen molar-refractivity contribution >= 4 is 23.5 Å². The number of carbonyl (C=O) groups is 2. The summed E-state index contributed by atoms with van der Waals surface area (Å²) < 4.78 is 34.0. The van der Waals surface area contributed by atoms with E-state index >= 15 is 0 Å². The lowest BCUT2D eigenvalue weighted by atomic mass is 10.1. The fourth-order valence-electron chi connectivity index (χ4n) is 2.54. The van der Waals surface area contributed by atoms with Gasteiger partial charge >= 0.3 is 12.6 Å². The molecule has 0 saturated carbocycles. The van der Waals surface area contributed by atoms with Gasteiger partial charge < -0.3 is 9.47 Å². The van der Waals surface area contributed by atoms with E-state index < -0.39 is 24.5 Å². The molecule has 1 heterocycles. The highest BCUT2D eigenvalue weighted by atomic mass is 32.2. The maximum atomic E-state index is 12.6. The van der Waals surface area contributed by atoms with Gasteiger partial charge in [0.25, 0.3) is 0 Å². The van der Waals surface area contributed by atoms with Gasteiger partial charge in [0, 0.05) is 16.7 Å². The lowest BCUT2D eigenvalue weighted by Gasteiger charge is -2.14. The van der Waals surface area contributed by atoms with Crippen LogP contribution in [0.5, 0.6) is 5.75 Å². The Morgan fingerprint density at radius 2 is 1.67 bits per heavy atom. The van der Waals surface area contributed by atoms with Crippen LogP contribution in [-0.4, -0.2) is 29.5 Å². The van der Waals surface area contributed by atoms with Gasteiger partial charge in [-0.2, -0.15) is 8.78 Å². The number of hydrogen-bond acceptors (Lipinski definition) is 6. The normalized spacial score (nSPS) is 11.7. The van der Waals surface area contributed by atoms with Crippen molar-refractivity contribution in [3.8, 4) is 5.75 Å². The van der Waals surface area contributed by atoms with E-state index in [2.05, 4.69) is 9.72 Å². The summed E-state index contributed by atoms with van der Waals surface area (Å²) in [6.45, 7) is -1.50. The molecule has 0 spiro atoms. The van der Waals surface area contributed by atoms with E-state index in [-0.39, 0.29) is 16.9 Å². The standard InChI is InChI=1S/C22H17F2NO4S/c1-14(19(26)15-9-11-16(12-10-15)29-22(23)24)28-21(27)18-8-5-13-25-20(18)30-17-6-3-2-4-7-17/h2-14,22H,1H3/t14-/m1/s1. The van der Waals surface area contributed by atoms with Crippen molar-refractivity contribution in [1.29, 1.82) is 0 Å². The summed E-state index contributed by atoms with van der Waals surface area (Å²) in [7, 11) is 0. The molecule has 0 unspecified atom stereocenters. The van der Waals surface area contributed by atoms with E-state index in [1.165, 1.54) is 43.0 Å². The highest BCUT2D eigenvalue weighted by Gasteiger charge is 2.23. The number of esters is 1. The van der Waals surface area contributed by atoms with Crippen LogP contribution in [0, 0.1) is 0 Å². The fourth-order valence-corrected chi connectivity index (χ4v) is 3.43. The maximum absolute atomic E-state index is 12.6. The van der Waals surface area contributed by atoms with Crippen molar-refractivity contribution in [3.05, 3.63) is 84.1 Å². The highest BCUT2D eigenvalue weighted by molar-refractivity contribution is 7.99. The Kier molecular flexibility index (Phi) is 7.13. The first-order chi connectivity index (χ1) is 14.4. The van der Waals surface area contributed by atoms with Gasteiger partial charge in [0.1, 0.15) is 10.8 Å². The molecular weight excluding hydrogens is 412 g/mol. The molecule has 30 heavy (non-hydrogen) atoms. The number of aromatic nitrogens is 1. The minimum atomic E-state index is -2.95. The lowest BCUT2D eigenvalue weighted by Crippen LogP contribution is -2.24. The molecule has 0 saturated heterocycles.